The highest BCUT2D eigenvalue weighted by atomic mass is 35.5. The quantitative estimate of drug-likeness (QED) is 0.719. The van der Waals surface area contributed by atoms with E-state index in [1.807, 2.05) is 0 Å². The fraction of sp³-hybridized carbons (Fsp3) is 0.263. The van der Waals surface area contributed by atoms with Gasteiger partial charge in [-0.3, -0.25) is 9.59 Å². The standard InChI is InChI=1S/C19H18ClF2N3O4S/c20-15-10-13(2-4-17(15)22)30(28,29)25-7-5-11(6-8-25)19(27)24-12-1-3-16(21)14(9-12)18(23)26/h1-4,9-11H,5-8H2,(H2,23,26)(H,24,27). The van der Waals surface area contributed by atoms with E-state index >= 15 is 0 Å². The maximum Gasteiger partial charge on any atom is 0.251 e. The summed E-state index contributed by atoms with van der Waals surface area (Å²) in [5, 5.41) is 2.30. The second kappa shape index (κ2) is 8.66. The van der Waals surface area contributed by atoms with Gasteiger partial charge in [0.1, 0.15) is 11.6 Å². The Balaban J connectivity index is 1.65. The van der Waals surface area contributed by atoms with Gasteiger partial charge >= 0.3 is 0 Å². The number of amides is 2. The summed E-state index contributed by atoms with van der Waals surface area (Å²) in [6.45, 7) is 0.177. The zero-order valence-electron chi connectivity index (χ0n) is 15.6. The van der Waals surface area contributed by atoms with E-state index in [1.54, 1.807) is 0 Å². The van der Waals surface area contributed by atoms with Gasteiger partial charge in [-0.15, -0.1) is 0 Å². The van der Waals surface area contributed by atoms with E-state index in [4.69, 9.17) is 17.3 Å². The van der Waals surface area contributed by atoms with Gasteiger partial charge in [0.15, 0.2) is 0 Å². The number of nitrogens with two attached hydrogens (primary N) is 1. The molecule has 0 radical (unpaired) electrons. The minimum atomic E-state index is -3.87. The second-order valence-electron chi connectivity index (χ2n) is 6.80. The van der Waals surface area contributed by atoms with Crippen molar-refractivity contribution in [2.75, 3.05) is 18.4 Å². The van der Waals surface area contributed by atoms with Gasteiger partial charge in [-0.1, -0.05) is 11.6 Å². The number of sulfonamides is 1. The van der Waals surface area contributed by atoms with Gasteiger partial charge in [-0.05, 0) is 49.2 Å². The van der Waals surface area contributed by atoms with Crippen LogP contribution in [0.3, 0.4) is 0 Å². The maximum absolute atomic E-state index is 13.5. The summed E-state index contributed by atoms with van der Waals surface area (Å²) >= 11 is 5.68. The normalized spacial score (nSPS) is 15.7. The van der Waals surface area contributed by atoms with Crippen molar-refractivity contribution in [3.8, 4) is 0 Å². The number of piperidine rings is 1. The molecule has 0 atom stereocenters. The zero-order valence-corrected chi connectivity index (χ0v) is 17.1. The summed E-state index contributed by atoms with van der Waals surface area (Å²) in [5.74, 6) is -3.32. The lowest BCUT2D eigenvalue weighted by Crippen LogP contribution is -2.41. The molecule has 2 aromatic rings. The van der Waals surface area contributed by atoms with Crippen molar-refractivity contribution >= 4 is 39.1 Å². The second-order valence-corrected chi connectivity index (χ2v) is 9.15. The first kappa shape index (κ1) is 22.1. The van der Waals surface area contributed by atoms with Crippen LogP contribution in [0.25, 0.3) is 0 Å². The van der Waals surface area contributed by atoms with Crippen LogP contribution in [-0.2, 0) is 14.8 Å². The van der Waals surface area contributed by atoms with Crippen LogP contribution in [0.1, 0.15) is 23.2 Å². The van der Waals surface area contributed by atoms with Crippen LogP contribution in [0.5, 0.6) is 0 Å². The van der Waals surface area contributed by atoms with E-state index in [9.17, 15) is 26.8 Å². The van der Waals surface area contributed by atoms with Crippen molar-refractivity contribution in [2.24, 2.45) is 11.7 Å². The Morgan fingerprint density at radius 2 is 1.70 bits per heavy atom. The molecule has 2 aromatic carbocycles. The molecular formula is C19H18ClF2N3O4S. The number of hydrogen-bond acceptors (Lipinski definition) is 4. The Morgan fingerprint density at radius 3 is 2.30 bits per heavy atom. The van der Waals surface area contributed by atoms with E-state index in [0.717, 1.165) is 30.3 Å². The number of halogens is 3. The lowest BCUT2D eigenvalue weighted by atomic mass is 9.97. The smallest absolute Gasteiger partial charge is 0.251 e. The Kier molecular flexibility index (Phi) is 6.39. The molecule has 3 rings (SSSR count). The number of anilines is 1. The Bertz CT molecular complexity index is 1100. The molecule has 7 nitrogen and oxygen atoms in total. The van der Waals surface area contributed by atoms with Crippen LogP contribution < -0.4 is 11.1 Å². The molecule has 160 valence electrons. The van der Waals surface area contributed by atoms with Gasteiger partial charge in [0.2, 0.25) is 15.9 Å². The van der Waals surface area contributed by atoms with Gasteiger partial charge in [0.05, 0.1) is 15.5 Å². The number of rotatable bonds is 5. The summed E-state index contributed by atoms with van der Waals surface area (Å²) in [6.07, 6.45) is 0.508. The van der Waals surface area contributed by atoms with E-state index in [-0.39, 0.29) is 53.0 Å². The van der Waals surface area contributed by atoms with Crippen molar-refractivity contribution in [3.05, 3.63) is 58.6 Å². The number of carbonyl (C=O) groups is 2. The van der Waals surface area contributed by atoms with Crippen molar-refractivity contribution in [1.82, 2.24) is 4.31 Å². The molecule has 1 aliphatic heterocycles. The van der Waals surface area contributed by atoms with Gasteiger partial charge in [-0.25, -0.2) is 17.2 Å². The number of nitrogens with zero attached hydrogens (tertiary/aromatic N) is 1. The first-order valence-corrected chi connectivity index (χ1v) is 10.8. The van der Waals surface area contributed by atoms with E-state index in [2.05, 4.69) is 5.32 Å². The zero-order chi connectivity index (χ0) is 22.1. The highest BCUT2D eigenvalue weighted by Gasteiger charge is 2.32. The third-order valence-corrected chi connectivity index (χ3v) is 7.04. The minimum Gasteiger partial charge on any atom is -0.366 e. The van der Waals surface area contributed by atoms with E-state index in [0.29, 0.717) is 0 Å². The number of nitrogens with one attached hydrogen (secondary N) is 1. The molecule has 0 spiro atoms. The molecular weight excluding hydrogens is 440 g/mol. The van der Waals surface area contributed by atoms with E-state index < -0.39 is 33.5 Å². The average Bonchev–Trinajstić information content (AvgIpc) is 2.71. The Labute approximate surface area is 176 Å². The van der Waals surface area contributed by atoms with Crippen molar-refractivity contribution in [1.29, 1.82) is 0 Å². The first-order valence-electron chi connectivity index (χ1n) is 8.95. The molecule has 1 aliphatic rings. The van der Waals surface area contributed by atoms with Crippen molar-refractivity contribution in [2.45, 2.75) is 17.7 Å². The van der Waals surface area contributed by atoms with Crippen molar-refractivity contribution < 1.29 is 26.8 Å². The number of primary amides is 1. The number of carbonyl (C=O) groups excluding carboxylic acids is 2. The Morgan fingerprint density at radius 1 is 1.07 bits per heavy atom. The predicted molar refractivity (Wildman–Crippen MR) is 106 cm³/mol. The summed E-state index contributed by atoms with van der Waals surface area (Å²) < 4.78 is 53.5. The number of hydrogen-bond donors (Lipinski definition) is 2. The fourth-order valence-corrected chi connectivity index (χ4v) is 4.92. The van der Waals surface area contributed by atoms with Crippen LogP contribution in [0.2, 0.25) is 5.02 Å². The van der Waals surface area contributed by atoms with Crippen molar-refractivity contribution in [3.63, 3.8) is 0 Å². The topological polar surface area (TPSA) is 110 Å². The molecule has 11 heteroatoms. The van der Waals surface area contributed by atoms with Gasteiger partial charge < -0.3 is 11.1 Å². The van der Waals surface area contributed by atoms with Crippen LogP contribution in [0.4, 0.5) is 14.5 Å². The molecule has 0 saturated carbocycles. The molecule has 0 bridgehead atoms. The highest BCUT2D eigenvalue weighted by Crippen LogP contribution is 2.27. The summed E-state index contributed by atoms with van der Waals surface area (Å²) in [6, 6.07) is 6.65. The summed E-state index contributed by atoms with van der Waals surface area (Å²) in [7, 11) is -3.87. The molecule has 30 heavy (non-hydrogen) atoms. The molecule has 3 N–H and O–H groups in total. The lowest BCUT2D eigenvalue weighted by Gasteiger charge is -2.30. The largest absolute Gasteiger partial charge is 0.366 e. The van der Waals surface area contributed by atoms with Crippen LogP contribution >= 0.6 is 11.6 Å². The number of benzene rings is 2. The third kappa shape index (κ3) is 4.61. The molecule has 0 aliphatic carbocycles. The van der Waals surface area contributed by atoms with Gasteiger partial charge in [0.25, 0.3) is 5.91 Å². The molecule has 2 amide bonds. The molecule has 1 heterocycles. The maximum atomic E-state index is 13.5. The Hall–Kier alpha value is -2.56. The summed E-state index contributed by atoms with van der Waals surface area (Å²) in [5.41, 5.74) is 4.97. The average molecular weight is 458 g/mol. The van der Waals surface area contributed by atoms with E-state index in [1.165, 1.54) is 10.4 Å². The van der Waals surface area contributed by atoms with Gasteiger partial charge in [0, 0.05) is 24.7 Å². The summed E-state index contributed by atoms with van der Waals surface area (Å²) in [4.78, 5) is 23.6. The van der Waals surface area contributed by atoms with Crippen LogP contribution in [0, 0.1) is 17.6 Å². The molecule has 1 saturated heterocycles. The SMILES string of the molecule is NC(=O)c1cc(NC(=O)C2CCN(S(=O)(=O)c3ccc(F)c(Cl)c3)CC2)ccc1F. The molecule has 0 aromatic heterocycles. The third-order valence-electron chi connectivity index (χ3n) is 4.85. The minimum absolute atomic E-state index is 0.0887. The monoisotopic (exact) mass is 457 g/mol. The van der Waals surface area contributed by atoms with Crippen LogP contribution in [-0.4, -0.2) is 37.6 Å². The predicted octanol–water partition coefficient (Wildman–Crippen LogP) is 2.76. The highest BCUT2D eigenvalue weighted by molar-refractivity contribution is 7.89. The van der Waals surface area contributed by atoms with Crippen LogP contribution in [0.15, 0.2) is 41.3 Å². The molecule has 1 fully saturated rings. The van der Waals surface area contributed by atoms with Gasteiger partial charge in [-0.2, -0.15) is 4.31 Å². The first-order chi connectivity index (χ1) is 14.1. The molecule has 0 unspecified atom stereocenters. The lowest BCUT2D eigenvalue weighted by molar-refractivity contribution is -0.120. The fourth-order valence-electron chi connectivity index (χ4n) is 3.18.